The van der Waals surface area contributed by atoms with E-state index < -0.39 is 31.3 Å². The minimum atomic E-state index is -5.72. The van der Waals surface area contributed by atoms with Gasteiger partial charge in [0.25, 0.3) is 0 Å². The molecule has 0 aromatic carbocycles. The third-order valence-electron chi connectivity index (χ3n) is 1.42. The summed E-state index contributed by atoms with van der Waals surface area (Å²) in [6.45, 7) is 0. The van der Waals surface area contributed by atoms with Crippen LogP contribution in [-0.2, 0) is 35.7 Å². The number of pyridine rings is 1. The first-order valence-electron chi connectivity index (χ1n) is 5.27. The molecular weight excluding hydrogens is 441 g/mol. The molecule has 1 rings (SSSR count). The molecule has 0 saturated carbocycles. The Morgan fingerprint density at radius 2 is 1.16 bits per heavy atom. The van der Waals surface area contributed by atoms with Gasteiger partial charge in [0.05, 0.1) is 0 Å². The summed E-state index contributed by atoms with van der Waals surface area (Å²) in [7, 11) is -21.3. The summed E-state index contributed by atoms with van der Waals surface area (Å²) in [5.41, 5.74) is 0. The second-order valence-electron chi connectivity index (χ2n) is 3.35. The smallest absolute Gasteiger partial charge is 1.00 e. The molecule has 0 aliphatic carbocycles. The van der Waals surface area contributed by atoms with Crippen LogP contribution in [0.4, 0.5) is 0 Å². The van der Waals surface area contributed by atoms with Crippen LogP contribution in [0.5, 0.6) is 0 Å². The Balaban J connectivity index is -0.000000558. The van der Waals surface area contributed by atoms with Crippen LogP contribution < -0.4 is 29.6 Å². The fourth-order valence-electron chi connectivity index (χ4n) is 0.771. The number of hydrogen-bond donors (Lipinski definition) is 5. The van der Waals surface area contributed by atoms with Crippen LogP contribution in [0.25, 0.3) is 0 Å². The van der Waals surface area contributed by atoms with Crippen molar-refractivity contribution in [2.45, 2.75) is 0 Å². The van der Waals surface area contributed by atoms with E-state index in [1.54, 1.807) is 12.4 Å². The molecule has 0 bridgehead atoms. The summed E-state index contributed by atoms with van der Waals surface area (Å²) in [6, 6.07) is 5.72. The van der Waals surface area contributed by atoms with Crippen LogP contribution >= 0.6 is 31.3 Å². The van der Waals surface area contributed by atoms with E-state index in [0.717, 1.165) is 0 Å². The molecule has 0 saturated heterocycles. The van der Waals surface area contributed by atoms with Crippen molar-refractivity contribution < 1.29 is 91.2 Å². The Morgan fingerprint density at radius 3 is 1.44 bits per heavy atom. The molecule has 14 nitrogen and oxygen atoms in total. The zero-order valence-corrected chi connectivity index (χ0v) is 18.2. The summed E-state index contributed by atoms with van der Waals surface area (Å²) >= 11 is 0. The van der Waals surface area contributed by atoms with E-state index >= 15 is 0 Å². The summed E-state index contributed by atoms with van der Waals surface area (Å²) in [5, 5.41) is 0. The average Bonchev–Trinajstić information content (AvgIpc) is 2.35. The Bertz CT molecular complexity index is 672. The third-order valence-corrected chi connectivity index (χ3v) is 6.86. The van der Waals surface area contributed by atoms with Gasteiger partial charge in [0.1, 0.15) is 0 Å². The second-order valence-corrected chi connectivity index (χ2v) is 9.47. The summed E-state index contributed by atoms with van der Waals surface area (Å²) in [6.07, 6.45) is 3.50. The van der Waals surface area contributed by atoms with Crippen molar-refractivity contribution in [3.63, 3.8) is 0 Å². The SMILES string of the molecule is COP(=O)(O)OP(=O)(O)OP(=O)(O)OP(=O)(O)O.[H-].[Na+].c1ccncc1. The molecule has 25 heavy (non-hydrogen) atoms. The van der Waals surface area contributed by atoms with Crippen molar-refractivity contribution in [3.05, 3.63) is 30.6 Å². The van der Waals surface area contributed by atoms with Crippen LogP contribution in [0.15, 0.2) is 30.6 Å². The maximum Gasteiger partial charge on any atom is 1.00 e. The maximum atomic E-state index is 10.9. The number of aromatic nitrogens is 1. The van der Waals surface area contributed by atoms with Gasteiger partial charge in [-0.1, -0.05) is 6.07 Å². The quantitative estimate of drug-likeness (QED) is 0.228. The molecule has 0 radical (unpaired) electrons. The van der Waals surface area contributed by atoms with Gasteiger partial charge in [-0.15, -0.1) is 0 Å². The number of rotatable bonds is 7. The first-order chi connectivity index (χ1) is 10.7. The number of phosphoric ester groups is 1. The average molecular weight is 455 g/mol. The van der Waals surface area contributed by atoms with Crippen LogP contribution in [-0.4, -0.2) is 36.6 Å². The third kappa shape index (κ3) is 16.6. The van der Waals surface area contributed by atoms with Crippen molar-refractivity contribution in [1.82, 2.24) is 4.98 Å². The van der Waals surface area contributed by atoms with Crippen LogP contribution in [0.3, 0.4) is 0 Å². The van der Waals surface area contributed by atoms with Crippen molar-refractivity contribution >= 4 is 31.3 Å². The largest absolute Gasteiger partial charge is 1.00 e. The number of phosphoric acid groups is 4. The van der Waals surface area contributed by atoms with Gasteiger partial charge in [0.15, 0.2) is 0 Å². The summed E-state index contributed by atoms with van der Waals surface area (Å²) < 4.78 is 56.2. The fourth-order valence-corrected chi connectivity index (χ4v) is 4.97. The van der Waals surface area contributed by atoms with Gasteiger partial charge in [0.2, 0.25) is 0 Å². The molecule has 1 aromatic heterocycles. The molecule has 0 aliphatic rings. The molecule has 5 N–H and O–H groups in total. The number of hydrogen-bond acceptors (Lipinski definition) is 9. The minimum Gasteiger partial charge on any atom is -1.00 e. The van der Waals surface area contributed by atoms with Gasteiger partial charge in [-0.3, -0.25) is 9.51 Å². The molecule has 0 fully saturated rings. The predicted octanol–water partition coefficient (Wildman–Crippen LogP) is -1.73. The Morgan fingerprint density at radius 1 is 0.760 bits per heavy atom. The van der Waals surface area contributed by atoms with E-state index in [9.17, 15) is 18.3 Å². The summed E-state index contributed by atoms with van der Waals surface area (Å²) in [5.74, 6) is 0. The predicted molar refractivity (Wildman–Crippen MR) is 77.1 cm³/mol. The minimum absolute atomic E-state index is 0. The molecule has 142 valence electrons. The normalized spacial score (nSPS) is 18.3. The molecule has 0 aliphatic heterocycles. The van der Waals surface area contributed by atoms with E-state index in [4.69, 9.17) is 24.5 Å². The molecule has 1 heterocycles. The van der Waals surface area contributed by atoms with Gasteiger partial charge >= 0.3 is 60.8 Å². The van der Waals surface area contributed by atoms with E-state index in [-0.39, 0.29) is 31.0 Å². The molecule has 0 amide bonds. The zero-order chi connectivity index (χ0) is 19.1. The first-order valence-corrected chi connectivity index (χ1v) is 11.3. The van der Waals surface area contributed by atoms with Gasteiger partial charge in [-0.2, -0.15) is 12.9 Å². The van der Waals surface area contributed by atoms with Crippen molar-refractivity contribution in [2.75, 3.05) is 7.11 Å². The molecule has 3 unspecified atom stereocenters. The maximum absolute atomic E-state index is 10.9. The van der Waals surface area contributed by atoms with Gasteiger partial charge in [-0.05, 0) is 12.1 Å². The fraction of sp³-hybridized carbons (Fsp3) is 0.167. The molecule has 3 atom stereocenters. The summed E-state index contributed by atoms with van der Waals surface area (Å²) in [4.78, 5) is 46.1. The van der Waals surface area contributed by atoms with Crippen molar-refractivity contribution in [1.29, 1.82) is 0 Å². The first kappa shape index (κ1) is 27.9. The molecular formula is C6H14NNaO13P4. The van der Waals surface area contributed by atoms with E-state index in [1.807, 2.05) is 18.2 Å². The van der Waals surface area contributed by atoms with Crippen LogP contribution in [0, 0.1) is 0 Å². The monoisotopic (exact) mass is 455 g/mol. The van der Waals surface area contributed by atoms with Gasteiger partial charge in [0, 0.05) is 19.5 Å². The standard InChI is InChI=1S/C5H5N.CH8O13P4.Na.H/c1-2-4-6-5-3-1;1-11-16(5,6)13-18(9,10)14-17(7,8)12-15(2,3)4;;/h1-5H;1H3,(H,5,6)(H,7,8)(H,9,10)(H2,2,3,4);;/q;;+1;-1. The molecule has 19 heteroatoms. The molecule has 1 aromatic rings. The van der Waals surface area contributed by atoms with Crippen LogP contribution in [0.1, 0.15) is 1.43 Å². The topological polar surface area (TPSA) is 219 Å². The number of nitrogens with zero attached hydrogens (tertiary/aromatic N) is 1. The zero-order valence-electron chi connectivity index (χ0n) is 13.6. The van der Waals surface area contributed by atoms with Crippen LogP contribution in [0.2, 0.25) is 0 Å². The van der Waals surface area contributed by atoms with E-state index in [2.05, 4.69) is 22.4 Å². The Labute approximate surface area is 165 Å². The van der Waals surface area contributed by atoms with Gasteiger partial charge < -0.3 is 25.9 Å². The second kappa shape index (κ2) is 11.5. The Hall–Kier alpha value is 0.710. The Kier molecular flexibility index (Phi) is 12.9. The van der Waals surface area contributed by atoms with Gasteiger partial charge in [-0.25, -0.2) is 18.3 Å². The van der Waals surface area contributed by atoms with Crippen molar-refractivity contribution in [3.8, 4) is 0 Å². The molecule has 0 spiro atoms. The van der Waals surface area contributed by atoms with E-state index in [0.29, 0.717) is 7.11 Å². The van der Waals surface area contributed by atoms with E-state index in [1.165, 1.54) is 0 Å². The van der Waals surface area contributed by atoms with Crippen molar-refractivity contribution in [2.24, 2.45) is 0 Å².